The average Bonchev–Trinajstić information content (AvgIpc) is 3.18. The Kier molecular flexibility index (Phi) is 11.3. The van der Waals surface area contributed by atoms with E-state index in [9.17, 15) is 9.59 Å². The summed E-state index contributed by atoms with van der Waals surface area (Å²) in [4.78, 5) is 25.8. The van der Waals surface area contributed by atoms with Gasteiger partial charge in [0.15, 0.2) is 0 Å². The largest absolute Gasteiger partial charge is 0.490 e. The van der Waals surface area contributed by atoms with Gasteiger partial charge >= 0.3 is 11.9 Å². The predicted octanol–water partition coefficient (Wildman–Crippen LogP) is 11.2. The summed E-state index contributed by atoms with van der Waals surface area (Å²) in [7, 11) is 0. The fraction of sp³-hybridized carbons (Fsp3) is 0.0476. The van der Waals surface area contributed by atoms with E-state index in [2.05, 4.69) is 33.6 Å². The van der Waals surface area contributed by atoms with Gasteiger partial charge in [-0.25, -0.2) is 9.59 Å². The molecular formula is C42H32N4O6. The Labute approximate surface area is 300 Å². The predicted molar refractivity (Wildman–Crippen MR) is 199 cm³/mol. The SMILES string of the molecule is C=CCOc1ccc(N=Nc2ccc(C(=O)Oc3ccc4ccc(OC(=O)c5ccc(N=Nc6ccc(OCC=C)cc6)cc5)cc4c3)cc2)cc1. The number of hydrogen-bond acceptors (Lipinski definition) is 10. The molecule has 256 valence electrons. The molecule has 0 radical (unpaired) electrons. The number of carbonyl (C=O) groups excluding carboxylic acids is 2. The number of carbonyl (C=O) groups is 2. The van der Waals surface area contributed by atoms with Crippen molar-refractivity contribution in [2.75, 3.05) is 13.2 Å². The molecule has 10 nitrogen and oxygen atoms in total. The summed E-state index contributed by atoms with van der Waals surface area (Å²) >= 11 is 0. The number of fused-ring (bicyclic) bond motifs is 1. The Hall–Kier alpha value is -7.20. The lowest BCUT2D eigenvalue weighted by atomic mass is 10.1. The fourth-order valence-corrected chi connectivity index (χ4v) is 4.75. The summed E-state index contributed by atoms with van der Waals surface area (Å²) in [5.74, 6) is 1.04. The molecule has 0 spiro atoms. The Balaban J connectivity index is 1.04. The molecule has 0 aliphatic carbocycles. The number of nitrogens with zero attached hydrogens (tertiary/aromatic N) is 4. The molecule has 0 N–H and O–H groups in total. The highest BCUT2D eigenvalue weighted by atomic mass is 16.5. The van der Waals surface area contributed by atoms with Gasteiger partial charge in [0.2, 0.25) is 0 Å². The van der Waals surface area contributed by atoms with E-state index in [1.165, 1.54) is 0 Å². The molecule has 6 aromatic carbocycles. The van der Waals surface area contributed by atoms with Crippen LogP contribution < -0.4 is 18.9 Å². The van der Waals surface area contributed by atoms with E-state index in [0.717, 1.165) is 10.8 Å². The Bertz CT molecular complexity index is 2090. The number of rotatable bonds is 14. The van der Waals surface area contributed by atoms with Crippen LogP contribution in [-0.2, 0) is 0 Å². The molecule has 6 aromatic rings. The summed E-state index contributed by atoms with van der Waals surface area (Å²) in [6.07, 6.45) is 3.35. The minimum atomic E-state index is -0.532. The molecule has 0 aliphatic rings. The van der Waals surface area contributed by atoms with Crippen LogP contribution in [0.5, 0.6) is 23.0 Å². The zero-order valence-electron chi connectivity index (χ0n) is 27.9. The van der Waals surface area contributed by atoms with Crippen LogP contribution in [0.1, 0.15) is 20.7 Å². The normalized spacial score (nSPS) is 11.0. The lowest BCUT2D eigenvalue weighted by molar-refractivity contribution is 0.0726. The lowest BCUT2D eigenvalue weighted by Crippen LogP contribution is -2.08. The molecule has 10 heteroatoms. The van der Waals surface area contributed by atoms with Crippen molar-refractivity contribution in [3.05, 3.63) is 170 Å². The average molecular weight is 689 g/mol. The molecule has 0 amide bonds. The van der Waals surface area contributed by atoms with E-state index in [4.69, 9.17) is 18.9 Å². The van der Waals surface area contributed by atoms with E-state index in [0.29, 0.717) is 70.1 Å². The minimum absolute atomic E-state index is 0.340. The molecule has 52 heavy (non-hydrogen) atoms. The first kappa shape index (κ1) is 34.7. The second-order valence-electron chi connectivity index (χ2n) is 11.1. The molecule has 0 aromatic heterocycles. The summed E-state index contributed by atoms with van der Waals surface area (Å²) in [6.45, 7) is 8.11. The van der Waals surface area contributed by atoms with Gasteiger partial charge in [0.25, 0.3) is 0 Å². The van der Waals surface area contributed by atoms with Gasteiger partial charge in [-0.2, -0.15) is 20.5 Å². The van der Waals surface area contributed by atoms with Crippen LogP contribution in [0.3, 0.4) is 0 Å². The molecule has 0 aliphatic heterocycles. The molecule has 0 saturated heterocycles. The number of ether oxygens (including phenoxy) is 4. The topological polar surface area (TPSA) is 121 Å². The molecule has 0 unspecified atom stereocenters. The van der Waals surface area contributed by atoms with Crippen LogP contribution in [0.4, 0.5) is 22.7 Å². The first-order valence-electron chi connectivity index (χ1n) is 16.1. The van der Waals surface area contributed by atoms with E-state index < -0.39 is 11.9 Å². The molecule has 0 heterocycles. The second kappa shape index (κ2) is 17.0. The molecule has 0 saturated carbocycles. The first-order valence-corrected chi connectivity index (χ1v) is 16.1. The quantitative estimate of drug-likeness (QED) is 0.0486. The third-order valence-corrected chi connectivity index (χ3v) is 7.38. The number of esters is 2. The molecule has 0 bridgehead atoms. The van der Waals surface area contributed by atoms with Gasteiger partial charge in [-0.1, -0.05) is 37.4 Å². The van der Waals surface area contributed by atoms with Crippen molar-refractivity contribution in [1.29, 1.82) is 0 Å². The van der Waals surface area contributed by atoms with Crippen molar-refractivity contribution in [3.8, 4) is 23.0 Å². The maximum atomic E-state index is 12.9. The first-order chi connectivity index (χ1) is 25.4. The van der Waals surface area contributed by atoms with Crippen LogP contribution in [0.2, 0.25) is 0 Å². The zero-order chi connectivity index (χ0) is 36.1. The zero-order valence-corrected chi connectivity index (χ0v) is 27.9. The van der Waals surface area contributed by atoms with Crippen molar-refractivity contribution in [1.82, 2.24) is 0 Å². The lowest BCUT2D eigenvalue weighted by Gasteiger charge is -2.08. The van der Waals surface area contributed by atoms with Crippen molar-refractivity contribution in [3.63, 3.8) is 0 Å². The summed E-state index contributed by atoms with van der Waals surface area (Å²) in [5.41, 5.74) is 3.16. The van der Waals surface area contributed by atoms with Gasteiger partial charge < -0.3 is 18.9 Å². The fourth-order valence-electron chi connectivity index (χ4n) is 4.75. The monoisotopic (exact) mass is 688 g/mol. The highest BCUT2D eigenvalue weighted by molar-refractivity contribution is 5.94. The van der Waals surface area contributed by atoms with Crippen molar-refractivity contribution in [2.24, 2.45) is 20.5 Å². The highest BCUT2D eigenvalue weighted by Gasteiger charge is 2.12. The third-order valence-electron chi connectivity index (χ3n) is 7.38. The Morgan fingerprint density at radius 1 is 0.442 bits per heavy atom. The van der Waals surface area contributed by atoms with Gasteiger partial charge in [0, 0.05) is 0 Å². The van der Waals surface area contributed by atoms with Crippen LogP contribution in [-0.4, -0.2) is 25.2 Å². The van der Waals surface area contributed by atoms with Crippen LogP contribution in [0.15, 0.2) is 179 Å². The second-order valence-corrected chi connectivity index (χ2v) is 11.1. The maximum Gasteiger partial charge on any atom is 0.343 e. The maximum absolute atomic E-state index is 12.9. The van der Waals surface area contributed by atoms with E-state index in [1.807, 2.05) is 12.1 Å². The molecular weight excluding hydrogens is 656 g/mol. The number of hydrogen-bond donors (Lipinski definition) is 0. The summed E-state index contributed by atoms with van der Waals surface area (Å²) < 4.78 is 22.2. The van der Waals surface area contributed by atoms with Crippen LogP contribution >= 0.6 is 0 Å². The van der Waals surface area contributed by atoms with Crippen LogP contribution in [0, 0.1) is 0 Å². The van der Waals surface area contributed by atoms with Gasteiger partial charge in [-0.05, 0) is 132 Å². The van der Waals surface area contributed by atoms with Gasteiger partial charge in [0.05, 0.1) is 33.9 Å². The van der Waals surface area contributed by atoms with Crippen molar-refractivity contribution < 1.29 is 28.5 Å². The van der Waals surface area contributed by atoms with Crippen molar-refractivity contribution in [2.45, 2.75) is 0 Å². The van der Waals surface area contributed by atoms with Gasteiger partial charge in [-0.3, -0.25) is 0 Å². The highest BCUT2D eigenvalue weighted by Crippen LogP contribution is 2.28. The van der Waals surface area contributed by atoms with Crippen LogP contribution in [0.25, 0.3) is 10.8 Å². The van der Waals surface area contributed by atoms with E-state index in [-0.39, 0.29) is 0 Å². The third kappa shape index (κ3) is 9.48. The summed E-state index contributed by atoms with van der Waals surface area (Å²) in [6, 6.07) is 38.1. The molecule has 0 atom stereocenters. The van der Waals surface area contributed by atoms with Gasteiger partial charge in [-0.15, -0.1) is 0 Å². The van der Waals surface area contributed by atoms with Crippen molar-refractivity contribution >= 4 is 45.5 Å². The van der Waals surface area contributed by atoms with Gasteiger partial charge in [0.1, 0.15) is 36.2 Å². The standard InChI is InChI=1S/C42H32N4O6/c1-3-25-49-37-21-15-35(16-22-37)45-43-33-11-5-30(6-12-33)41(47)51-39-19-9-29-10-20-40(28-32(29)27-39)52-42(48)31-7-13-34(14-8-31)44-46-36-17-23-38(24-18-36)50-26-4-2/h3-24,27-28H,1-2,25-26H2. The Morgan fingerprint density at radius 3 is 1.12 bits per heavy atom. The van der Waals surface area contributed by atoms with E-state index >= 15 is 0 Å². The Morgan fingerprint density at radius 2 is 0.769 bits per heavy atom. The summed E-state index contributed by atoms with van der Waals surface area (Å²) in [5, 5.41) is 18.5. The molecule has 6 rings (SSSR count). The smallest absolute Gasteiger partial charge is 0.343 e. The minimum Gasteiger partial charge on any atom is -0.490 e. The van der Waals surface area contributed by atoms with E-state index in [1.54, 1.807) is 133 Å². The number of benzene rings is 6. The number of azo groups is 2. The molecule has 0 fully saturated rings.